The molecular weight excluding hydrogens is 244 g/mol. The van der Waals surface area contributed by atoms with Gasteiger partial charge in [-0.15, -0.1) is 11.8 Å². The summed E-state index contributed by atoms with van der Waals surface area (Å²) in [5.41, 5.74) is 2.19. The van der Waals surface area contributed by atoms with E-state index in [1.165, 1.54) is 11.8 Å². The van der Waals surface area contributed by atoms with E-state index in [0.717, 1.165) is 4.90 Å². The van der Waals surface area contributed by atoms with Gasteiger partial charge in [-0.05, 0) is 24.1 Å². The highest BCUT2D eigenvalue weighted by Gasteiger charge is 2.22. The van der Waals surface area contributed by atoms with Crippen LogP contribution in [0.25, 0.3) is 0 Å². The summed E-state index contributed by atoms with van der Waals surface area (Å²) in [5, 5.41) is 0.462. The lowest BCUT2D eigenvalue weighted by Gasteiger charge is -2.18. The number of carbonyl (C=O) groups is 1. The van der Waals surface area contributed by atoms with Crippen LogP contribution in [0.5, 0.6) is 0 Å². The second kappa shape index (κ2) is 6.13. The van der Waals surface area contributed by atoms with Gasteiger partial charge in [-0.2, -0.15) is 0 Å². The van der Waals surface area contributed by atoms with Gasteiger partial charge in [-0.3, -0.25) is 10.2 Å². The summed E-state index contributed by atoms with van der Waals surface area (Å²) in [7, 11) is 0. The molecule has 1 rings (SSSR count). The van der Waals surface area contributed by atoms with E-state index >= 15 is 0 Å². The molecule has 3 nitrogen and oxygen atoms in total. The molecule has 0 aromatic heterocycles. The first-order valence-electron chi connectivity index (χ1n) is 4.97. The SMILES string of the molecule is CC(C)C(Sc1cccc(Cl)c1)C(=O)NN. The molecule has 1 atom stereocenters. The Bertz CT molecular complexity index is 371. The van der Waals surface area contributed by atoms with Gasteiger partial charge in [0.25, 0.3) is 0 Å². The minimum atomic E-state index is -0.205. The molecule has 1 amide bonds. The molecule has 0 heterocycles. The fourth-order valence-corrected chi connectivity index (χ4v) is 2.61. The predicted molar refractivity (Wildman–Crippen MR) is 68.3 cm³/mol. The Morgan fingerprint density at radius 2 is 2.19 bits per heavy atom. The van der Waals surface area contributed by atoms with Gasteiger partial charge in [-0.25, -0.2) is 5.84 Å². The van der Waals surface area contributed by atoms with E-state index < -0.39 is 0 Å². The van der Waals surface area contributed by atoms with Gasteiger partial charge in [0, 0.05) is 9.92 Å². The standard InChI is InChI=1S/C11H15ClN2OS/c1-7(2)10(11(15)14-13)16-9-5-3-4-8(12)6-9/h3-7,10H,13H2,1-2H3,(H,14,15). The lowest BCUT2D eigenvalue weighted by Crippen LogP contribution is -2.39. The van der Waals surface area contributed by atoms with Crippen molar-refractivity contribution in [3.63, 3.8) is 0 Å². The largest absolute Gasteiger partial charge is 0.293 e. The van der Waals surface area contributed by atoms with Crippen molar-refractivity contribution in [2.75, 3.05) is 0 Å². The predicted octanol–water partition coefficient (Wildman–Crippen LogP) is 2.45. The maximum absolute atomic E-state index is 11.6. The molecule has 16 heavy (non-hydrogen) atoms. The molecule has 0 aliphatic heterocycles. The number of carbonyl (C=O) groups excluding carboxylic acids is 1. The van der Waals surface area contributed by atoms with Crippen molar-refractivity contribution < 1.29 is 4.79 Å². The van der Waals surface area contributed by atoms with Gasteiger partial charge in [0.05, 0.1) is 5.25 Å². The van der Waals surface area contributed by atoms with Crippen molar-refractivity contribution >= 4 is 29.3 Å². The molecule has 1 aromatic rings. The topological polar surface area (TPSA) is 55.1 Å². The second-order valence-corrected chi connectivity index (χ2v) is 5.40. The van der Waals surface area contributed by atoms with Gasteiger partial charge < -0.3 is 0 Å². The lowest BCUT2D eigenvalue weighted by molar-refractivity contribution is -0.121. The van der Waals surface area contributed by atoms with E-state index in [2.05, 4.69) is 5.43 Å². The Balaban J connectivity index is 2.79. The lowest BCUT2D eigenvalue weighted by atomic mass is 10.1. The zero-order valence-corrected chi connectivity index (χ0v) is 10.8. The summed E-state index contributed by atoms with van der Waals surface area (Å²) in [6, 6.07) is 7.43. The number of nitrogens with one attached hydrogen (secondary N) is 1. The summed E-state index contributed by atoms with van der Waals surface area (Å²) in [4.78, 5) is 12.5. The van der Waals surface area contributed by atoms with Crippen molar-refractivity contribution in [3.05, 3.63) is 29.3 Å². The summed E-state index contributed by atoms with van der Waals surface area (Å²) >= 11 is 7.35. The number of hydrazine groups is 1. The van der Waals surface area contributed by atoms with Gasteiger partial charge in [0.15, 0.2) is 0 Å². The van der Waals surface area contributed by atoms with Crippen molar-refractivity contribution in [1.82, 2.24) is 5.43 Å². The highest BCUT2D eigenvalue weighted by atomic mass is 35.5. The van der Waals surface area contributed by atoms with Gasteiger partial charge in [0.2, 0.25) is 5.91 Å². The quantitative estimate of drug-likeness (QED) is 0.378. The number of benzene rings is 1. The molecule has 0 saturated carbocycles. The summed E-state index contributed by atoms with van der Waals surface area (Å²) in [5.74, 6) is 5.19. The molecular formula is C11H15ClN2OS. The van der Waals surface area contributed by atoms with Crippen LogP contribution in [0.15, 0.2) is 29.2 Å². The minimum absolute atomic E-state index is 0.167. The molecule has 1 aromatic carbocycles. The molecule has 0 spiro atoms. The molecule has 0 saturated heterocycles. The number of halogens is 1. The summed E-state index contributed by atoms with van der Waals surface area (Å²) < 4.78 is 0. The van der Waals surface area contributed by atoms with E-state index in [9.17, 15) is 4.79 Å². The zero-order valence-electron chi connectivity index (χ0n) is 9.24. The van der Waals surface area contributed by atoms with Crippen LogP contribution in [-0.4, -0.2) is 11.2 Å². The average Bonchev–Trinajstić information content (AvgIpc) is 2.24. The first-order valence-corrected chi connectivity index (χ1v) is 6.23. The molecule has 0 aliphatic carbocycles. The van der Waals surface area contributed by atoms with Crippen LogP contribution in [0, 0.1) is 5.92 Å². The Morgan fingerprint density at radius 1 is 1.50 bits per heavy atom. The smallest absolute Gasteiger partial charge is 0.247 e. The molecule has 0 radical (unpaired) electrons. The fraction of sp³-hybridized carbons (Fsp3) is 0.364. The van der Waals surface area contributed by atoms with Crippen LogP contribution in [-0.2, 0) is 4.79 Å². The summed E-state index contributed by atoms with van der Waals surface area (Å²) in [6.07, 6.45) is 0. The average molecular weight is 259 g/mol. The Labute approximate surface area is 105 Å². The number of hydrogen-bond donors (Lipinski definition) is 2. The molecule has 1 unspecified atom stereocenters. The second-order valence-electron chi connectivity index (χ2n) is 3.75. The van der Waals surface area contributed by atoms with Crippen LogP contribution >= 0.6 is 23.4 Å². The van der Waals surface area contributed by atoms with Gasteiger partial charge in [-0.1, -0.05) is 31.5 Å². The summed E-state index contributed by atoms with van der Waals surface area (Å²) in [6.45, 7) is 3.97. The third kappa shape index (κ3) is 3.70. The number of amides is 1. The normalized spacial score (nSPS) is 12.6. The first-order chi connectivity index (χ1) is 7.54. The maximum atomic E-state index is 11.6. The number of rotatable bonds is 4. The highest BCUT2D eigenvalue weighted by Crippen LogP contribution is 2.29. The van der Waals surface area contributed by atoms with Crippen molar-refractivity contribution in [2.45, 2.75) is 24.0 Å². The molecule has 5 heteroatoms. The van der Waals surface area contributed by atoms with Crippen molar-refractivity contribution in [3.8, 4) is 0 Å². The minimum Gasteiger partial charge on any atom is -0.293 e. The Kier molecular flexibility index (Phi) is 5.12. The van der Waals surface area contributed by atoms with Crippen molar-refractivity contribution in [1.29, 1.82) is 0 Å². The fourth-order valence-electron chi connectivity index (χ4n) is 1.26. The van der Waals surface area contributed by atoms with E-state index in [4.69, 9.17) is 17.4 Å². The van der Waals surface area contributed by atoms with E-state index in [-0.39, 0.29) is 17.1 Å². The number of hydrogen-bond acceptors (Lipinski definition) is 3. The number of nitrogens with two attached hydrogens (primary N) is 1. The highest BCUT2D eigenvalue weighted by molar-refractivity contribution is 8.00. The third-order valence-corrected chi connectivity index (χ3v) is 3.84. The van der Waals surface area contributed by atoms with Crippen LogP contribution < -0.4 is 11.3 Å². The first kappa shape index (κ1) is 13.4. The zero-order chi connectivity index (χ0) is 12.1. The molecule has 0 bridgehead atoms. The van der Waals surface area contributed by atoms with Crippen LogP contribution in [0.2, 0.25) is 5.02 Å². The monoisotopic (exact) mass is 258 g/mol. The van der Waals surface area contributed by atoms with Crippen LogP contribution in [0.3, 0.4) is 0 Å². The van der Waals surface area contributed by atoms with Crippen LogP contribution in [0.4, 0.5) is 0 Å². The molecule has 3 N–H and O–H groups in total. The van der Waals surface area contributed by atoms with Crippen molar-refractivity contribution in [2.24, 2.45) is 11.8 Å². The van der Waals surface area contributed by atoms with Crippen LogP contribution in [0.1, 0.15) is 13.8 Å². The Morgan fingerprint density at radius 3 is 2.69 bits per heavy atom. The maximum Gasteiger partial charge on any atom is 0.247 e. The van der Waals surface area contributed by atoms with E-state index in [1.54, 1.807) is 6.07 Å². The Hall–Kier alpha value is -0.710. The van der Waals surface area contributed by atoms with Gasteiger partial charge >= 0.3 is 0 Å². The molecule has 88 valence electrons. The third-order valence-electron chi connectivity index (χ3n) is 2.07. The van der Waals surface area contributed by atoms with E-state index in [1.807, 2.05) is 32.0 Å². The molecule has 0 aliphatic rings. The molecule has 0 fully saturated rings. The number of thioether (sulfide) groups is 1. The van der Waals surface area contributed by atoms with Gasteiger partial charge in [0.1, 0.15) is 0 Å². The van der Waals surface area contributed by atoms with E-state index in [0.29, 0.717) is 5.02 Å².